The van der Waals surface area contributed by atoms with Gasteiger partial charge in [0.2, 0.25) is 5.91 Å². The Morgan fingerprint density at radius 3 is 2.90 bits per heavy atom. The smallest absolute Gasteiger partial charge is 0.223 e. The number of rotatable bonds is 4. The fourth-order valence-electron chi connectivity index (χ4n) is 2.74. The zero-order chi connectivity index (χ0) is 15.4. The SMILES string of the molecule is COc1ccc(C(C)NC(=O)[C@H]2CCN[C@@H](C)C2)cc1Br. The van der Waals surface area contributed by atoms with Crippen molar-refractivity contribution in [2.24, 2.45) is 5.92 Å². The fraction of sp³-hybridized carbons (Fsp3) is 0.562. The van der Waals surface area contributed by atoms with E-state index >= 15 is 0 Å². The van der Waals surface area contributed by atoms with Gasteiger partial charge in [0, 0.05) is 12.0 Å². The third kappa shape index (κ3) is 4.20. The van der Waals surface area contributed by atoms with Gasteiger partial charge in [0.25, 0.3) is 0 Å². The van der Waals surface area contributed by atoms with Gasteiger partial charge in [-0.1, -0.05) is 6.07 Å². The molecular formula is C16H23BrN2O2. The number of carbonyl (C=O) groups excluding carboxylic acids is 1. The van der Waals surface area contributed by atoms with Crippen LogP contribution in [0.5, 0.6) is 5.75 Å². The summed E-state index contributed by atoms with van der Waals surface area (Å²) in [4.78, 5) is 12.4. The predicted molar refractivity (Wildman–Crippen MR) is 87.4 cm³/mol. The van der Waals surface area contributed by atoms with Crippen LogP contribution in [0.1, 0.15) is 38.3 Å². The number of halogens is 1. The first-order chi connectivity index (χ1) is 10.0. The van der Waals surface area contributed by atoms with Crippen LogP contribution in [0.3, 0.4) is 0 Å². The van der Waals surface area contributed by atoms with E-state index in [1.807, 2.05) is 25.1 Å². The summed E-state index contributed by atoms with van der Waals surface area (Å²) in [6.07, 6.45) is 1.82. The van der Waals surface area contributed by atoms with Gasteiger partial charge in [-0.25, -0.2) is 0 Å². The largest absolute Gasteiger partial charge is 0.496 e. The molecule has 0 aromatic heterocycles. The Kier molecular flexibility index (Phi) is 5.65. The summed E-state index contributed by atoms with van der Waals surface area (Å²) in [5, 5.41) is 6.49. The fourth-order valence-corrected chi connectivity index (χ4v) is 3.29. The monoisotopic (exact) mass is 354 g/mol. The molecule has 1 fully saturated rings. The van der Waals surface area contributed by atoms with Crippen LogP contribution in [-0.4, -0.2) is 25.6 Å². The van der Waals surface area contributed by atoms with E-state index in [0.717, 1.165) is 35.2 Å². The maximum atomic E-state index is 12.4. The Bertz CT molecular complexity index is 507. The van der Waals surface area contributed by atoms with Crippen LogP contribution in [0.4, 0.5) is 0 Å². The molecule has 3 atom stereocenters. The highest BCUT2D eigenvalue weighted by Crippen LogP contribution is 2.28. The number of hydrogen-bond acceptors (Lipinski definition) is 3. The molecule has 1 aromatic carbocycles. The molecule has 1 aliphatic rings. The molecule has 21 heavy (non-hydrogen) atoms. The second-order valence-electron chi connectivity index (χ2n) is 5.70. The van der Waals surface area contributed by atoms with Crippen LogP contribution >= 0.6 is 15.9 Å². The van der Waals surface area contributed by atoms with Crippen molar-refractivity contribution in [2.75, 3.05) is 13.7 Å². The molecule has 1 aliphatic heterocycles. The molecule has 0 aliphatic carbocycles. The lowest BCUT2D eigenvalue weighted by Crippen LogP contribution is -2.42. The maximum Gasteiger partial charge on any atom is 0.223 e. The standard InChI is InChI=1S/C16H23BrN2O2/c1-10-8-13(6-7-18-10)16(20)19-11(2)12-4-5-15(21-3)14(17)9-12/h4-5,9-11,13,18H,6-8H2,1-3H3,(H,19,20)/t10-,11?,13-/m0/s1. The maximum absolute atomic E-state index is 12.4. The first-order valence-electron chi connectivity index (χ1n) is 7.38. The van der Waals surface area contributed by atoms with Crippen LogP contribution in [0.15, 0.2) is 22.7 Å². The van der Waals surface area contributed by atoms with Crippen LogP contribution < -0.4 is 15.4 Å². The van der Waals surface area contributed by atoms with Crippen LogP contribution in [-0.2, 0) is 4.79 Å². The Morgan fingerprint density at radius 1 is 1.52 bits per heavy atom. The normalized spacial score (nSPS) is 23.4. The molecule has 2 rings (SSSR count). The van der Waals surface area contributed by atoms with Crippen LogP contribution in [0.25, 0.3) is 0 Å². The molecular weight excluding hydrogens is 332 g/mol. The van der Waals surface area contributed by atoms with E-state index in [1.54, 1.807) is 7.11 Å². The molecule has 0 radical (unpaired) electrons. The molecule has 0 spiro atoms. The zero-order valence-corrected chi connectivity index (χ0v) is 14.4. The molecule has 0 saturated carbocycles. The van der Waals surface area contributed by atoms with Crippen molar-refractivity contribution >= 4 is 21.8 Å². The summed E-state index contributed by atoms with van der Waals surface area (Å²) in [7, 11) is 1.64. The van der Waals surface area contributed by atoms with Crippen molar-refractivity contribution in [2.45, 2.75) is 38.8 Å². The number of nitrogens with one attached hydrogen (secondary N) is 2. The lowest BCUT2D eigenvalue weighted by Gasteiger charge is -2.28. The van der Waals surface area contributed by atoms with Gasteiger partial charge in [0.05, 0.1) is 17.6 Å². The Morgan fingerprint density at radius 2 is 2.29 bits per heavy atom. The van der Waals surface area contributed by atoms with Crippen molar-refractivity contribution in [3.05, 3.63) is 28.2 Å². The summed E-state index contributed by atoms with van der Waals surface area (Å²) >= 11 is 3.48. The van der Waals surface area contributed by atoms with E-state index < -0.39 is 0 Å². The predicted octanol–water partition coefficient (Wildman–Crippen LogP) is 3.02. The average Bonchev–Trinajstić information content (AvgIpc) is 2.47. The third-order valence-electron chi connectivity index (χ3n) is 4.03. The van der Waals surface area contributed by atoms with Gasteiger partial charge in [0.15, 0.2) is 0 Å². The molecule has 1 saturated heterocycles. The molecule has 1 aromatic rings. The molecule has 1 heterocycles. The van der Waals surface area contributed by atoms with E-state index in [9.17, 15) is 4.79 Å². The van der Waals surface area contributed by atoms with E-state index in [2.05, 4.69) is 33.5 Å². The van der Waals surface area contributed by atoms with Gasteiger partial charge in [-0.2, -0.15) is 0 Å². The zero-order valence-electron chi connectivity index (χ0n) is 12.8. The number of methoxy groups -OCH3 is 1. The van der Waals surface area contributed by atoms with Crippen LogP contribution in [0.2, 0.25) is 0 Å². The minimum atomic E-state index is -0.00935. The van der Waals surface area contributed by atoms with Gasteiger partial charge in [0.1, 0.15) is 5.75 Å². The van der Waals surface area contributed by atoms with Gasteiger partial charge in [-0.05, 0) is 66.9 Å². The Labute approximate surface area is 134 Å². The summed E-state index contributed by atoms with van der Waals surface area (Å²) in [5.41, 5.74) is 1.07. The Hall–Kier alpha value is -1.07. The number of ether oxygens (including phenoxy) is 1. The minimum absolute atomic E-state index is 0.00935. The minimum Gasteiger partial charge on any atom is -0.496 e. The lowest BCUT2D eigenvalue weighted by atomic mass is 9.92. The number of carbonyl (C=O) groups is 1. The van der Waals surface area contributed by atoms with Crippen molar-refractivity contribution < 1.29 is 9.53 Å². The number of hydrogen-bond donors (Lipinski definition) is 2. The first kappa shape index (κ1) is 16.3. The van der Waals surface area contributed by atoms with E-state index in [0.29, 0.717) is 6.04 Å². The number of amides is 1. The second kappa shape index (κ2) is 7.27. The highest BCUT2D eigenvalue weighted by molar-refractivity contribution is 9.10. The van der Waals surface area contributed by atoms with Gasteiger partial charge >= 0.3 is 0 Å². The molecule has 2 N–H and O–H groups in total. The highest BCUT2D eigenvalue weighted by Gasteiger charge is 2.25. The lowest BCUT2D eigenvalue weighted by molar-refractivity contribution is -0.126. The quantitative estimate of drug-likeness (QED) is 0.873. The van der Waals surface area contributed by atoms with Gasteiger partial charge in [-0.15, -0.1) is 0 Å². The number of piperidine rings is 1. The van der Waals surface area contributed by atoms with E-state index in [1.165, 1.54) is 0 Å². The van der Waals surface area contributed by atoms with Crippen molar-refractivity contribution in [1.82, 2.24) is 10.6 Å². The molecule has 1 unspecified atom stereocenters. The summed E-state index contributed by atoms with van der Waals surface area (Å²) < 4.78 is 6.13. The highest BCUT2D eigenvalue weighted by atomic mass is 79.9. The second-order valence-corrected chi connectivity index (χ2v) is 6.56. The Balaban J connectivity index is 1.98. The van der Waals surface area contributed by atoms with Gasteiger partial charge < -0.3 is 15.4 Å². The van der Waals surface area contributed by atoms with Gasteiger partial charge in [-0.3, -0.25) is 4.79 Å². The molecule has 5 heteroatoms. The third-order valence-corrected chi connectivity index (χ3v) is 4.65. The van der Waals surface area contributed by atoms with Crippen molar-refractivity contribution in [3.8, 4) is 5.75 Å². The van der Waals surface area contributed by atoms with Crippen molar-refractivity contribution in [3.63, 3.8) is 0 Å². The molecule has 1 amide bonds. The summed E-state index contributed by atoms with van der Waals surface area (Å²) in [5.74, 6) is 1.07. The topological polar surface area (TPSA) is 50.4 Å². The van der Waals surface area contributed by atoms with Crippen molar-refractivity contribution in [1.29, 1.82) is 0 Å². The molecule has 4 nitrogen and oxygen atoms in total. The first-order valence-corrected chi connectivity index (χ1v) is 8.17. The van der Waals surface area contributed by atoms with E-state index in [4.69, 9.17) is 4.74 Å². The average molecular weight is 355 g/mol. The molecule has 0 bridgehead atoms. The number of benzene rings is 1. The summed E-state index contributed by atoms with van der Waals surface area (Å²) in [6.45, 7) is 5.06. The van der Waals surface area contributed by atoms with Crippen LogP contribution in [0, 0.1) is 5.92 Å². The summed E-state index contributed by atoms with van der Waals surface area (Å²) in [6, 6.07) is 6.30. The van der Waals surface area contributed by atoms with E-state index in [-0.39, 0.29) is 17.9 Å². The molecule has 116 valence electrons.